The van der Waals surface area contributed by atoms with Crippen molar-refractivity contribution in [3.8, 4) is 5.75 Å². The zero-order chi connectivity index (χ0) is 28.6. The molecule has 3 aliphatic rings. The maximum Gasteiger partial charge on any atom is 0.253 e. The quantitative estimate of drug-likeness (QED) is 0.396. The molecule has 0 bridgehead atoms. The molecule has 0 unspecified atom stereocenters. The molecule has 3 aromatic rings. The highest BCUT2D eigenvalue weighted by atomic mass is 35.5. The topological polar surface area (TPSA) is 74.8 Å². The number of methoxy groups -OCH3 is 1. The number of pyridine rings is 1. The van der Waals surface area contributed by atoms with Gasteiger partial charge in [-0.25, -0.2) is 0 Å². The van der Waals surface area contributed by atoms with Crippen LogP contribution >= 0.6 is 11.6 Å². The van der Waals surface area contributed by atoms with E-state index in [0.29, 0.717) is 22.2 Å². The van der Waals surface area contributed by atoms with Crippen LogP contribution in [0.4, 0.5) is 11.4 Å². The molecule has 214 valence electrons. The lowest BCUT2D eigenvalue weighted by Gasteiger charge is -2.40. The first-order valence-corrected chi connectivity index (χ1v) is 15.0. The van der Waals surface area contributed by atoms with E-state index in [9.17, 15) is 9.59 Å². The fraction of sp³-hybridized carbons (Fsp3) is 0.424. The smallest absolute Gasteiger partial charge is 0.253 e. The summed E-state index contributed by atoms with van der Waals surface area (Å²) in [6, 6.07) is 18.3. The minimum absolute atomic E-state index is 0.117. The van der Waals surface area contributed by atoms with E-state index in [4.69, 9.17) is 16.3 Å². The average Bonchev–Trinajstić information content (AvgIpc) is 3.22. The maximum absolute atomic E-state index is 14.2. The lowest BCUT2D eigenvalue weighted by molar-refractivity contribution is -0.124. The summed E-state index contributed by atoms with van der Waals surface area (Å²) in [5.41, 5.74) is 4.14. The van der Waals surface area contributed by atoms with Crippen LogP contribution in [-0.4, -0.2) is 49.6 Å². The first kappa shape index (κ1) is 27.6. The van der Waals surface area contributed by atoms with Crippen LogP contribution in [0.1, 0.15) is 60.1 Å². The summed E-state index contributed by atoms with van der Waals surface area (Å²) < 4.78 is 5.43. The van der Waals surface area contributed by atoms with Crippen LogP contribution in [0.3, 0.4) is 0 Å². The molecule has 2 amide bonds. The molecule has 6 rings (SSSR count). The highest BCUT2D eigenvalue weighted by Gasteiger charge is 2.52. The third kappa shape index (κ3) is 5.28. The summed E-state index contributed by atoms with van der Waals surface area (Å²) in [5, 5.41) is 3.64. The lowest BCUT2D eigenvalue weighted by Crippen LogP contribution is -2.49. The Morgan fingerprint density at radius 2 is 1.83 bits per heavy atom. The Morgan fingerprint density at radius 3 is 2.59 bits per heavy atom. The summed E-state index contributed by atoms with van der Waals surface area (Å²) in [6.07, 6.45) is 6.90. The number of rotatable bonds is 6. The monoisotopic (exact) mass is 572 g/mol. The van der Waals surface area contributed by atoms with E-state index >= 15 is 0 Å². The van der Waals surface area contributed by atoms with E-state index in [1.54, 1.807) is 19.4 Å². The zero-order valence-corrected chi connectivity index (χ0v) is 24.5. The van der Waals surface area contributed by atoms with Crippen LogP contribution in [0, 0.1) is 12.8 Å². The van der Waals surface area contributed by atoms with Crippen molar-refractivity contribution in [1.82, 2.24) is 10.3 Å². The second kappa shape index (κ2) is 11.4. The third-order valence-corrected chi connectivity index (χ3v) is 9.53. The largest absolute Gasteiger partial charge is 0.497 e. The second-order valence-corrected chi connectivity index (χ2v) is 12.1. The van der Waals surface area contributed by atoms with Crippen molar-refractivity contribution in [3.63, 3.8) is 0 Å². The minimum atomic E-state index is -0.458. The van der Waals surface area contributed by atoms with E-state index in [1.807, 2.05) is 25.1 Å². The van der Waals surface area contributed by atoms with Crippen molar-refractivity contribution in [2.75, 3.05) is 36.5 Å². The van der Waals surface area contributed by atoms with Gasteiger partial charge in [0.1, 0.15) is 5.75 Å². The summed E-state index contributed by atoms with van der Waals surface area (Å²) in [5.74, 6) is 1.39. The molecule has 1 saturated carbocycles. The Bertz CT molecular complexity index is 1440. The lowest BCUT2D eigenvalue weighted by atomic mass is 9.73. The van der Waals surface area contributed by atoms with Crippen LogP contribution in [0.5, 0.6) is 5.75 Å². The van der Waals surface area contributed by atoms with Crippen molar-refractivity contribution in [1.29, 1.82) is 0 Å². The fourth-order valence-corrected chi connectivity index (χ4v) is 7.12. The molecule has 0 radical (unpaired) electrons. The van der Waals surface area contributed by atoms with E-state index in [-0.39, 0.29) is 17.9 Å². The van der Waals surface area contributed by atoms with E-state index in [2.05, 4.69) is 50.4 Å². The number of fused-ring (bicyclic) bond motifs is 2. The number of ether oxygens (including phenoxy) is 1. The number of aromatic nitrogens is 1. The molecule has 1 spiro atoms. The van der Waals surface area contributed by atoms with Crippen molar-refractivity contribution < 1.29 is 14.3 Å². The highest BCUT2D eigenvalue weighted by molar-refractivity contribution is 6.30. The van der Waals surface area contributed by atoms with Gasteiger partial charge in [-0.1, -0.05) is 35.9 Å². The van der Waals surface area contributed by atoms with Crippen molar-refractivity contribution in [2.45, 2.75) is 56.9 Å². The van der Waals surface area contributed by atoms with Gasteiger partial charge in [-0.3, -0.25) is 14.6 Å². The number of aryl methyl sites for hydroxylation is 1. The average molecular weight is 573 g/mol. The zero-order valence-electron chi connectivity index (χ0n) is 23.7. The van der Waals surface area contributed by atoms with Crippen LogP contribution in [0.15, 0.2) is 60.8 Å². The first-order valence-electron chi connectivity index (χ1n) is 14.6. The van der Waals surface area contributed by atoms with Gasteiger partial charge in [-0.05, 0) is 81.2 Å². The van der Waals surface area contributed by atoms with Crippen LogP contribution in [0.2, 0.25) is 5.02 Å². The molecule has 1 aliphatic carbocycles. The summed E-state index contributed by atoms with van der Waals surface area (Å²) in [7, 11) is 1.69. The van der Waals surface area contributed by atoms with Gasteiger partial charge < -0.3 is 19.9 Å². The number of anilines is 2. The Kier molecular flexibility index (Phi) is 7.64. The SMILES string of the molecule is COc1cccc(N2CCC3(CC2)C(=O)N(C[C@H]2CC[C@H](NC(=O)c4cc(Cl)cnc4C)CC2)c2ccccc23)c1. The number of amides is 2. The number of nitrogens with one attached hydrogen (secondary N) is 1. The predicted molar refractivity (Wildman–Crippen MR) is 162 cm³/mol. The van der Waals surface area contributed by atoms with Gasteiger partial charge in [0.2, 0.25) is 5.91 Å². The number of carbonyl (C=O) groups excluding carboxylic acids is 2. The van der Waals surface area contributed by atoms with Crippen LogP contribution in [0.25, 0.3) is 0 Å². The standard InChI is InChI=1S/C33H37ClN4O3/c1-22-28(18-24(34)20-35-22)31(39)36-25-12-10-23(11-13-25)21-38-30-9-4-3-8-29(30)33(32(38)40)14-16-37(17-15-33)26-6-5-7-27(19-26)41-2/h3-9,18-20,23,25H,10-17,21H2,1-2H3,(H,36,39)/t23-,25-. The number of halogens is 1. The molecule has 41 heavy (non-hydrogen) atoms. The van der Waals surface area contributed by atoms with Crippen molar-refractivity contribution in [3.05, 3.63) is 82.6 Å². The van der Waals surface area contributed by atoms with Crippen LogP contribution in [-0.2, 0) is 10.2 Å². The normalized spacial score (nSPS) is 21.6. The van der Waals surface area contributed by atoms with Gasteiger partial charge in [0.15, 0.2) is 0 Å². The summed E-state index contributed by atoms with van der Waals surface area (Å²) in [6.45, 7) is 4.21. The summed E-state index contributed by atoms with van der Waals surface area (Å²) in [4.78, 5) is 35.7. The second-order valence-electron chi connectivity index (χ2n) is 11.7. The first-order chi connectivity index (χ1) is 19.9. The molecule has 7 nitrogen and oxygen atoms in total. The van der Waals surface area contributed by atoms with Gasteiger partial charge in [-0.15, -0.1) is 0 Å². The summed E-state index contributed by atoms with van der Waals surface area (Å²) >= 11 is 6.07. The molecular formula is C33H37ClN4O3. The van der Waals surface area contributed by atoms with Gasteiger partial charge in [0.05, 0.1) is 28.8 Å². The van der Waals surface area contributed by atoms with Gasteiger partial charge >= 0.3 is 0 Å². The molecule has 2 aliphatic heterocycles. The Balaban J connectivity index is 1.10. The van der Waals surface area contributed by atoms with E-state index in [1.165, 1.54) is 5.56 Å². The maximum atomic E-state index is 14.2. The number of benzene rings is 2. The number of hydrogen-bond donors (Lipinski definition) is 1. The third-order valence-electron chi connectivity index (χ3n) is 9.32. The Hall–Kier alpha value is -3.58. The Labute approximate surface area is 246 Å². The van der Waals surface area contributed by atoms with Crippen LogP contribution < -0.4 is 19.9 Å². The number of para-hydroxylation sites is 1. The van der Waals surface area contributed by atoms with Gasteiger partial charge in [0.25, 0.3) is 5.91 Å². The molecule has 0 atom stereocenters. The van der Waals surface area contributed by atoms with Gasteiger partial charge in [0, 0.05) is 49.3 Å². The number of nitrogens with zero attached hydrogens (tertiary/aromatic N) is 3. The molecule has 8 heteroatoms. The number of carbonyl (C=O) groups is 2. The predicted octanol–water partition coefficient (Wildman–Crippen LogP) is 5.93. The minimum Gasteiger partial charge on any atom is -0.497 e. The molecule has 1 N–H and O–H groups in total. The van der Waals surface area contributed by atoms with Crippen molar-refractivity contribution >= 4 is 34.8 Å². The van der Waals surface area contributed by atoms with E-state index < -0.39 is 5.41 Å². The Morgan fingerprint density at radius 1 is 1.07 bits per heavy atom. The van der Waals surface area contributed by atoms with Gasteiger partial charge in [-0.2, -0.15) is 0 Å². The number of hydrogen-bond acceptors (Lipinski definition) is 5. The molecule has 2 fully saturated rings. The van der Waals surface area contributed by atoms with E-state index in [0.717, 1.165) is 75.3 Å². The molecule has 2 aromatic carbocycles. The molecular weight excluding hydrogens is 536 g/mol. The van der Waals surface area contributed by atoms with Crippen molar-refractivity contribution in [2.24, 2.45) is 5.92 Å². The fourth-order valence-electron chi connectivity index (χ4n) is 6.96. The molecule has 1 aromatic heterocycles. The molecule has 1 saturated heterocycles. The number of piperidine rings is 1. The highest BCUT2D eigenvalue weighted by Crippen LogP contribution is 2.49. The molecule has 3 heterocycles.